The van der Waals surface area contributed by atoms with Crippen molar-refractivity contribution in [2.45, 2.75) is 13.5 Å². The molecule has 0 radical (unpaired) electrons. The summed E-state index contributed by atoms with van der Waals surface area (Å²) in [5.74, 6) is -0.763. The van der Waals surface area contributed by atoms with Crippen LogP contribution in [0, 0.1) is 0 Å². The van der Waals surface area contributed by atoms with Crippen molar-refractivity contribution in [3.05, 3.63) is 46.2 Å². The zero-order valence-electron chi connectivity index (χ0n) is 11.8. The van der Waals surface area contributed by atoms with Crippen LogP contribution in [0.3, 0.4) is 0 Å². The van der Waals surface area contributed by atoms with E-state index < -0.39 is 5.97 Å². The smallest absolute Gasteiger partial charge is 0.367 e. The molecule has 0 N–H and O–H groups in total. The van der Waals surface area contributed by atoms with Gasteiger partial charge >= 0.3 is 5.97 Å². The number of thiazole rings is 1. The van der Waals surface area contributed by atoms with Crippen molar-refractivity contribution in [2.75, 3.05) is 13.7 Å². The number of rotatable bonds is 5. The Morgan fingerprint density at radius 2 is 2.19 bits per heavy atom. The number of amides is 1. The van der Waals surface area contributed by atoms with E-state index in [0.717, 1.165) is 17.0 Å². The van der Waals surface area contributed by atoms with Crippen molar-refractivity contribution in [1.82, 2.24) is 14.9 Å². The summed E-state index contributed by atoms with van der Waals surface area (Å²) in [6.45, 7) is 2.38. The number of carbonyl (C=O) groups excluding carboxylic acids is 2. The van der Waals surface area contributed by atoms with Crippen LogP contribution in [0.4, 0.5) is 0 Å². The summed E-state index contributed by atoms with van der Waals surface area (Å²) in [6.07, 6.45) is 1.68. The van der Waals surface area contributed by atoms with E-state index in [9.17, 15) is 9.59 Å². The van der Waals surface area contributed by atoms with Gasteiger partial charge in [-0.3, -0.25) is 9.78 Å². The highest BCUT2D eigenvalue weighted by Gasteiger charge is 2.19. The number of ether oxygens (including phenoxy) is 1. The minimum absolute atomic E-state index is 0.187. The van der Waals surface area contributed by atoms with Crippen molar-refractivity contribution in [1.29, 1.82) is 0 Å². The van der Waals surface area contributed by atoms with Crippen LogP contribution in [-0.4, -0.2) is 40.4 Å². The molecule has 110 valence electrons. The Morgan fingerprint density at radius 1 is 1.38 bits per heavy atom. The van der Waals surface area contributed by atoms with Crippen LogP contribution >= 0.6 is 11.3 Å². The minimum Gasteiger partial charge on any atom is -0.461 e. The van der Waals surface area contributed by atoms with Crippen LogP contribution in [-0.2, 0) is 11.3 Å². The quantitative estimate of drug-likeness (QED) is 0.790. The van der Waals surface area contributed by atoms with Gasteiger partial charge in [0.2, 0.25) is 5.01 Å². The van der Waals surface area contributed by atoms with E-state index in [-0.39, 0.29) is 23.2 Å². The molecule has 0 atom stereocenters. The standard InChI is InChI=1S/C14H15N3O3S/c1-3-20-14(19)12-16-11(9-21-12)13(18)17(2)8-10-6-4-5-7-15-10/h4-7,9H,3,8H2,1-2H3. The highest BCUT2D eigenvalue weighted by Crippen LogP contribution is 2.13. The summed E-state index contributed by atoms with van der Waals surface area (Å²) in [5.41, 5.74) is 1.02. The number of hydrogen-bond donors (Lipinski definition) is 0. The van der Waals surface area contributed by atoms with Crippen LogP contribution in [0.5, 0.6) is 0 Å². The lowest BCUT2D eigenvalue weighted by atomic mass is 10.3. The van der Waals surface area contributed by atoms with E-state index in [4.69, 9.17) is 4.74 Å². The zero-order chi connectivity index (χ0) is 15.2. The molecule has 2 aromatic rings. The number of carbonyl (C=O) groups is 2. The average molecular weight is 305 g/mol. The molecule has 0 spiro atoms. The van der Waals surface area contributed by atoms with Gasteiger partial charge in [0.25, 0.3) is 5.91 Å². The molecule has 0 bridgehead atoms. The van der Waals surface area contributed by atoms with Crippen LogP contribution in [0.1, 0.15) is 32.9 Å². The molecule has 0 unspecified atom stereocenters. The first kappa shape index (κ1) is 15.1. The van der Waals surface area contributed by atoms with E-state index in [2.05, 4.69) is 9.97 Å². The summed E-state index contributed by atoms with van der Waals surface area (Å²) < 4.78 is 4.85. The predicted molar refractivity (Wildman–Crippen MR) is 78.1 cm³/mol. The van der Waals surface area contributed by atoms with Crippen LogP contribution in [0.15, 0.2) is 29.8 Å². The van der Waals surface area contributed by atoms with Crippen molar-refractivity contribution < 1.29 is 14.3 Å². The summed E-state index contributed by atoms with van der Waals surface area (Å²) >= 11 is 1.10. The Kier molecular flexibility index (Phi) is 4.99. The molecule has 21 heavy (non-hydrogen) atoms. The van der Waals surface area contributed by atoms with Gasteiger partial charge in [0.1, 0.15) is 5.69 Å². The number of pyridine rings is 1. The van der Waals surface area contributed by atoms with Gasteiger partial charge in [-0.2, -0.15) is 0 Å². The minimum atomic E-state index is -0.506. The van der Waals surface area contributed by atoms with Gasteiger partial charge in [0.15, 0.2) is 0 Å². The lowest BCUT2D eigenvalue weighted by Gasteiger charge is -2.15. The van der Waals surface area contributed by atoms with E-state index in [1.165, 1.54) is 4.90 Å². The van der Waals surface area contributed by atoms with E-state index in [1.807, 2.05) is 18.2 Å². The molecular weight excluding hydrogens is 290 g/mol. The number of esters is 1. The fraction of sp³-hybridized carbons (Fsp3) is 0.286. The molecule has 0 fully saturated rings. The summed E-state index contributed by atoms with van der Waals surface area (Å²) in [7, 11) is 1.67. The molecule has 1 amide bonds. The Balaban J connectivity index is 2.04. The molecule has 6 nitrogen and oxygen atoms in total. The third kappa shape index (κ3) is 3.85. The lowest BCUT2D eigenvalue weighted by molar-refractivity contribution is 0.0526. The Morgan fingerprint density at radius 3 is 2.86 bits per heavy atom. The van der Waals surface area contributed by atoms with E-state index in [1.54, 1.807) is 25.5 Å². The monoisotopic (exact) mass is 305 g/mol. The van der Waals surface area contributed by atoms with Crippen LogP contribution in [0.25, 0.3) is 0 Å². The first-order valence-electron chi connectivity index (χ1n) is 6.39. The Bertz CT molecular complexity index is 627. The molecule has 7 heteroatoms. The van der Waals surface area contributed by atoms with Crippen molar-refractivity contribution in [3.8, 4) is 0 Å². The molecule has 2 aromatic heterocycles. The normalized spacial score (nSPS) is 10.2. The summed E-state index contributed by atoms with van der Waals surface area (Å²) in [4.78, 5) is 33.5. The number of aromatic nitrogens is 2. The predicted octanol–water partition coefficient (Wildman–Crippen LogP) is 1.99. The van der Waals surface area contributed by atoms with Gasteiger partial charge in [-0.05, 0) is 19.1 Å². The SMILES string of the molecule is CCOC(=O)c1nc(C(=O)N(C)Cc2ccccn2)cs1. The molecule has 0 aliphatic rings. The molecule has 0 aliphatic heterocycles. The Labute approximate surface area is 126 Å². The largest absolute Gasteiger partial charge is 0.461 e. The number of hydrogen-bond acceptors (Lipinski definition) is 6. The van der Waals surface area contributed by atoms with Gasteiger partial charge in [-0.1, -0.05) is 6.07 Å². The molecule has 0 saturated heterocycles. The number of nitrogens with zero attached hydrogens (tertiary/aromatic N) is 3. The second kappa shape index (κ2) is 6.94. The molecule has 0 saturated carbocycles. The fourth-order valence-corrected chi connectivity index (χ4v) is 2.34. The van der Waals surface area contributed by atoms with Crippen LogP contribution in [0.2, 0.25) is 0 Å². The topological polar surface area (TPSA) is 72.4 Å². The fourth-order valence-electron chi connectivity index (χ4n) is 1.66. The highest BCUT2D eigenvalue weighted by molar-refractivity contribution is 7.11. The molecular formula is C14H15N3O3S. The third-order valence-corrected chi connectivity index (χ3v) is 3.47. The van der Waals surface area contributed by atoms with E-state index in [0.29, 0.717) is 6.54 Å². The molecule has 2 rings (SSSR count). The zero-order valence-corrected chi connectivity index (χ0v) is 12.6. The Hall–Kier alpha value is -2.28. The maximum atomic E-state index is 12.2. The van der Waals surface area contributed by atoms with Gasteiger partial charge < -0.3 is 9.64 Å². The van der Waals surface area contributed by atoms with Crippen molar-refractivity contribution in [2.24, 2.45) is 0 Å². The molecule has 0 aromatic carbocycles. The van der Waals surface area contributed by atoms with Gasteiger partial charge in [-0.25, -0.2) is 9.78 Å². The summed E-state index contributed by atoms with van der Waals surface area (Å²) in [6, 6.07) is 5.52. The van der Waals surface area contributed by atoms with Crippen LogP contribution < -0.4 is 0 Å². The van der Waals surface area contributed by atoms with Gasteiger partial charge in [-0.15, -0.1) is 11.3 Å². The first-order valence-corrected chi connectivity index (χ1v) is 7.27. The van der Waals surface area contributed by atoms with Crippen molar-refractivity contribution in [3.63, 3.8) is 0 Å². The first-order chi connectivity index (χ1) is 10.1. The maximum absolute atomic E-state index is 12.2. The second-order valence-electron chi connectivity index (χ2n) is 4.24. The maximum Gasteiger partial charge on any atom is 0.367 e. The highest BCUT2D eigenvalue weighted by atomic mass is 32.1. The summed E-state index contributed by atoms with van der Waals surface area (Å²) in [5, 5.41) is 1.75. The average Bonchev–Trinajstić information content (AvgIpc) is 2.97. The molecule has 0 aliphatic carbocycles. The lowest BCUT2D eigenvalue weighted by Crippen LogP contribution is -2.27. The van der Waals surface area contributed by atoms with Gasteiger partial charge in [0.05, 0.1) is 18.8 Å². The second-order valence-corrected chi connectivity index (χ2v) is 5.10. The van der Waals surface area contributed by atoms with Gasteiger partial charge in [0, 0.05) is 18.6 Å². The van der Waals surface area contributed by atoms with Crippen molar-refractivity contribution >= 4 is 23.2 Å². The molecule has 2 heterocycles. The van der Waals surface area contributed by atoms with E-state index >= 15 is 0 Å². The third-order valence-electron chi connectivity index (χ3n) is 2.65.